The number of nitrogens with one attached hydrogen (secondary N) is 1. The van der Waals surface area contributed by atoms with Crippen LogP contribution in [-0.4, -0.2) is 10.9 Å². The minimum Gasteiger partial charge on any atom is -0.348 e. The zero-order valence-corrected chi connectivity index (χ0v) is 11.0. The van der Waals surface area contributed by atoms with Crippen molar-refractivity contribution in [3.8, 4) is 0 Å². The number of hydrogen-bond acceptors (Lipinski definition) is 3. The van der Waals surface area contributed by atoms with Crippen molar-refractivity contribution in [3.05, 3.63) is 64.4 Å². The van der Waals surface area contributed by atoms with Gasteiger partial charge >= 0.3 is 0 Å². The van der Waals surface area contributed by atoms with E-state index in [0.29, 0.717) is 18.7 Å². The molecule has 1 amide bonds. The number of carbonyl (C=O) groups is 1. The Morgan fingerprint density at radius 2 is 2.05 bits per heavy atom. The molecule has 0 atom stereocenters. The van der Waals surface area contributed by atoms with E-state index in [4.69, 9.17) is 17.3 Å². The largest absolute Gasteiger partial charge is 0.348 e. The van der Waals surface area contributed by atoms with Crippen LogP contribution >= 0.6 is 11.6 Å². The summed E-state index contributed by atoms with van der Waals surface area (Å²) in [5, 5.41) is 3.01. The van der Waals surface area contributed by atoms with Gasteiger partial charge in [-0.15, -0.1) is 0 Å². The zero-order valence-electron chi connectivity index (χ0n) is 10.3. The van der Waals surface area contributed by atoms with Crippen molar-refractivity contribution in [1.82, 2.24) is 10.3 Å². The van der Waals surface area contributed by atoms with Gasteiger partial charge in [-0.25, -0.2) is 4.98 Å². The molecule has 0 bridgehead atoms. The van der Waals surface area contributed by atoms with Crippen LogP contribution in [0.15, 0.2) is 42.6 Å². The third-order valence-corrected chi connectivity index (χ3v) is 2.99. The molecule has 2 rings (SSSR count). The van der Waals surface area contributed by atoms with Crippen LogP contribution in [0, 0.1) is 0 Å². The van der Waals surface area contributed by atoms with Gasteiger partial charge in [0.1, 0.15) is 5.15 Å². The predicted octanol–water partition coefficient (Wildman–Crippen LogP) is 2.12. The molecule has 19 heavy (non-hydrogen) atoms. The number of aromatic nitrogens is 1. The van der Waals surface area contributed by atoms with Gasteiger partial charge in [0, 0.05) is 19.3 Å². The molecular weight excluding hydrogens is 262 g/mol. The molecule has 1 aromatic carbocycles. The molecule has 0 saturated heterocycles. The quantitative estimate of drug-likeness (QED) is 0.840. The fourth-order valence-electron chi connectivity index (χ4n) is 1.70. The van der Waals surface area contributed by atoms with Crippen LogP contribution in [0.25, 0.3) is 0 Å². The summed E-state index contributed by atoms with van der Waals surface area (Å²) in [6.07, 6.45) is 1.55. The van der Waals surface area contributed by atoms with Crippen molar-refractivity contribution >= 4 is 17.5 Å². The highest BCUT2D eigenvalue weighted by atomic mass is 35.5. The fourth-order valence-corrected chi connectivity index (χ4v) is 1.90. The number of halogens is 1. The van der Waals surface area contributed by atoms with Gasteiger partial charge in [-0.3, -0.25) is 4.79 Å². The SMILES string of the molecule is NCc1cccc(CNC(=O)c2cccnc2Cl)c1. The van der Waals surface area contributed by atoms with E-state index in [1.165, 1.54) is 0 Å². The lowest BCUT2D eigenvalue weighted by Gasteiger charge is -2.07. The molecule has 0 fully saturated rings. The van der Waals surface area contributed by atoms with E-state index < -0.39 is 0 Å². The highest BCUT2D eigenvalue weighted by Gasteiger charge is 2.09. The maximum atomic E-state index is 11.9. The van der Waals surface area contributed by atoms with Gasteiger partial charge in [-0.05, 0) is 23.3 Å². The number of rotatable bonds is 4. The van der Waals surface area contributed by atoms with Gasteiger partial charge in [0.15, 0.2) is 0 Å². The summed E-state index contributed by atoms with van der Waals surface area (Å²) in [6, 6.07) is 11.1. The van der Waals surface area contributed by atoms with Gasteiger partial charge in [-0.1, -0.05) is 35.9 Å². The highest BCUT2D eigenvalue weighted by molar-refractivity contribution is 6.32. The number of amides is 1. The molecule has 0 spiro atoms. The Hall–Kier alpha value is -1.91. The molecule has 2 aromatic rings. The van der Waals surface area contributed by atoms with Crippen molar-refractivity contribution < 1.29 is 4.79 Å². The first kappa shape index (κ1) is 13.5. The smallest absolute Gasteiger partial charge is 0.254 e. The third kappa shape index (κ3) is 3.53. The van der Waals surface area contributed by atoms with E-state index in [2.05, 4.69) is 10.3 Å². The summed E-state index contributed by atoms with van der Waals surface area (Å²) in [6.45, 7) is 0.911. The second-order valence-electron chi connectivity index (χ2n) is 4.05. The minimum atomic E-state index is -0.240. The molecule has 0 aliphatic heterocycles. The van der Waals surface area contributed by atoms with Crippen molar-refractivity contribution in [3.63, 3.8) is 0 Å². The summed E-state index contributed by atoms with van der Waals surface area (Å²) in [4.78, 5) is 15.8. The van der Waals surface area contributed by atoms with E-state index in [0.717, 1.165) is 11.1 Å². The number of nitrogens with zero attached hydrogens (tertiary/aromatic N) is 1. The lowest BCUT2D eigenvalue weighted by atomic mass is 10.1. The standard InChI is InChI=1S/C14H14ClN3O/c15-13-12(5-2-6-17-13)14(19)18-9-11-4-1-3-10(7-11)8-16/h1-7H,8-9,16H2,(H,18,19). The van der Waals surface area contributed by atoms with Crippen molar-refractivity contribution in [2.45, 2.75) is 13.1 Å². The molecule has 0 aliphatic rings. The Labute approximate surface area is 116 Å². The number of carbonyl (C=O) groups excluding carboxylic acids is 1. The van der Waals surface area contributed by atoms with E-state index in [1.54, 1.807) is 18.3 Å². The lowest BCUT2D eigenvalue weighted by molar-refractivity contribution is 0.0950. The predicted molar refractivity (Wildman–Crippen MR) is 74.8 cm³/mol. The fraction of sp³-hybridized carbons (Fsp3) is 0.143. The van der Waals surface area contributed by atoms with Crippen molar-refractivity contribution in [2.24, 2.45) is 5.73 Å². The van der Waals surface area contributed by atoms with Gasteiger partial charge in [0.05, 0.1) is 5.56 Å². The van der Waals surface area contributed by atoms with Crippen LogP contribution in [-0.2, 0) is 13.1 Å². The normalized spacial score (nSPS) is 10.2. The van der Waals surface area contributed by atoms with Crippen LogP contribution in [0.3, 0.4) is 0 Å². The molecular formula is C14H14ClN3O. The second kappa shape index (κ2) is 6.31. The van der Waals surface area contributed by atoms with E-state index in [9.17, 15) is 4.79 Å². The zero-order chi connectivity index (χ0) is 13.7. The van der Waals surface area contributed by atoms with Crippen LogP contribution < -0.4 is 11.1 Å². The Balaban J connectivity index is 2.02. The number of benzene rings is 1. The summed E-state index contributed by atoms with van der Waals surface area (Å²) in [7, 11) is 0. The molecule has 4 nitrogen and oxygen atoms in total. The van der Waals surface area contributed by atoms with Gasteiger partial charge in [-0.2, -0.15) is 0 Å². The maximum absolute atomic E-state index is 11.9. The lowest BCUT2D eigenvalue weighted by Crippen LogP contribution is -2.23. The topological polar surface area (TPSA) is 68.0 Å². The molecule has 1 aromatic heterocycles. The summed E-state index contributed by atoms with van der Waals surface area (Å²) in [5.41, 5.74) is 7.98. The van der Waals surface area contributed by atoms with Gasteiger partial charge in [0.25, 0.3) is 5.91 Å². The Kier molecular flexibility index (Phi) is 4.49. The van der Waals surface area contributed by atoms with E-state index in [1.807, 2.05) is 24.3 Å². The average Bonchev–Trinajstić information content (AvgIpc) is 2.45. The first-order valence-corrected chi connectivity index (χ1v) is 6.25. The molecule has 0 radical (unpaired) electrons. The van der Waals surface area contributed by atoms with E-state index in [-0.39, 0.29) is 11.1 Å². The van der Waals surface area contributed by atoms with E-state index >= 15 is 0 Å². The molecule has 1 heterocycles. The second-order valence-corrected chi connectivity index (χ2v) is 4.41. The number of nitrogens with two attached hydrogens (primary N) is 1. The molecule has 0 aliphatic carbocycles. The molecule has 98 valence electrons. The van der Waals surface area contributed by atoms with Gasteiger partial charge < -0.3 is 11.1 Å². The summed E-state index contributed by atoms with van der Waals surface area (Å²) >= 11 is 5.86. The Bertz CT molecular complexity index is 586. The molecule has 3 N–H and O–H groups in total. The third-order valence-electron chi connectivity index (χ3n) is 2.68. The highest BCUT2D eigenvalue weighted by Crippen LogP contribution is 2.11. The molecule has 0 saturated carbocycles. The average molecular weight is 276 g/mol. The summed E-state index contributed by atoms with van der Waals surface area (Å²) in [5.74, 6) is -0.240. The molecule has 0 unspecified atom stereocenters. The minimum absolute atomic E-state index is 0.204. The van der Waals surface area contributed by atoms with Crippen molar-refractivity contribution in [2.75, 3.05) is 0 Å². The Morgan fingerprint density at radius 3 is 2.79 bits per heavy atom. The number of hydrogen-bond donors (Lipinski definition) is 2. The maximum Gasteiger partial charge on any atom is 0.254 e. The van der Waals surface area contributed by atoms with Gasteiger partial charge in [0.2, 0.25) is 0 Å². The number of pyridine rings is 1. The van der Waals surface area contributed by atoms with Crippen LogP contribution in [0.4, 0.5) is 0 Å². The van der Waals surface area contributed by atoms with Crippen LogP contribution in [0.5, 0.6) is 0 Å². The molecule has 5 heteroatoms. The first-order chi connectivity index (χ1) is 9.20. The summed E-state index contributed by atoms with van der Waals surface area (Å²) < 4.78 is 0. The Morgan fingerprint density at radius 1 is 1.26 bits per heavy atom. The van der Waals surface area contributed by atoms with Crippen molar-refractivity contribution in [1.29, 1.82) is 0 Å². The van der Waals surface area contributed by atoms with Crippen LogP contribution in [0.2, 0.25) is 5.15 Å². The first-order valence-electron chi connectivity index (χ1n) is 5.87. The van der Waals surface area contributed by atoms with Crippen LogP contribution in [0.1, 0.15) is 21.5 Å². The monoisotopic (exact) mass is 275 g/mol.